The van der Waals surface area contributed by atoms with Crippen molar-refractivity contribution in [1.82, 2.24) is 5.32 Å². The minimum absolute atomic E-state index is 0.389. The summed E-state index contributed by atoms with van der Waals surface area (Å²) in [5, 5.41) is 3.43. The maximum absolute atomic E-state index is 5.26. The second kappa shape index (κ2) is 8.25. The lowest BCUT2D eigenvalue weighted by atomic mass is 9.90. The molecule has 0 aromatic carbocycles. The van der Waals surface area contributed by atoms with Gasteiger partial charge in [0, 0.05) is 13.2 Å². The molecule has 14 heavy (non-hydrogen) atoms. The molecule has 2 unspecified atom stereocenters. The average molecular weight is 201 g/mol. The fourth-order valence-corrected chi connectivity index (χ4v) is 2.01. The normalized spacial score (nSPS) is 15.9. The summed E-state index contributed by atoms with van der Waals surface area (Å²) in [7, 11) is 3.86. The highest BCUT2D eigenvalue weighted by molar-refractivity contribution is 4.74. The second-order valence-electron chi connectivity index (χ2n) is 4.10. The summed E-state index contributed by atoms with van der Waals surface area (Å²) >= 11 is 0. The van der Waals surface area contributed by atoms with E-state index in [1.807, 2.05) is 0 Å². The molecular formula is C12H27NO. The van der Waals surface area contributed by atoms with Crippen molar-refractivity contribution >= 4 is 0 Å². The van der Waals surface area contributed by atoms with Crippen LogP contribution in [0.3, 0.4) is 0 Å². The molecular weight excluding hydrogens is 174 g/mol. The highest BCUT2D eigenvalue weighted by atomic mass is 16.5. The standard InChI is InChI=1S/C12H27NO/c1-6-11(7-2)12(13-4)9-8-10(3)14-5/h10-13H,6-9H2,1-5H3. The zero-order chi connectivity index (χ0) is 11.0. The highest BCUT2D eigenvalue weighted by Crippen LogP contribution is 2.18. The van der Waals surface area contributed by atoms with Gasteiger partial charge in [-0.2, -0.15) is 0 Å². The Hall–Kier alpha value is -0.0800. The molecule has 1 N–H and O–H groups in total. The molecule has 0 spiro atoms. The lowest BCUT2D eigenvalue weighted by Crippen LogP contribution is -2.33. The van der Waals surface area contributed by atoms with Gasteiger partial charge in [-0.15, -0.1) is 0 Å². The van der Waals surface area contributed by atoms with Crippen molar-refractivity contribution in [2.75, 3.05) is 14.2 Å². The Balaban J connectivity index is 3.88. The van der Waals surface area contributed by atoms with E-state index in [-0.39, 0.29) is 0 Å². The topological polar surface area (TPSA) is 21.3 Å². The molecule has 2 atom stereocenters. The first-order valence-corrected chi connectivity index (χ1v) is 5.89. The monoisotopic (exact) mass is 201 g/mol. The number of nitrogens with one attached hydrogen (secondary N) is 1. The molecule has 2 heteroatoms. The van der Waals surface area contributed by atoms with Crippen molar-refractivity contribution < 1.29 is 4.74 Å². The van der Waals surface area contributed by atoms with E-state index in [1.165, 1.54) is 19.3 Å². The third kappa shape index (κ3) is 4.97. The Morgan fingerprint density at radius 2 is 1.71 bits per heavy atom. The van der Waals surface area contributed by atoms with Crippen LogP contribution in [0.25, 0.3) is 0 Å². The summed E-state index contributed by atoms with van der Waals surface area (Å²) in [4.78, 5) is 0. The Morgan fingerprint density at radius 3 is 2.07 bits per heavy atom. The van der Waals surface area contributed by atoms with Crippen molar-refractivity contribution in [1.29, 1.82) is 0 Å². The quantitative estimate of drug-likeness (QED) is 0.652. The maximum Gasteiger partial charge on any atom is 0.0543 e. The second-order valence-corrected chi connectivity index (χ2v) is 4.10. The van der Waals surface area contributed by atoms with E-state index >= 15 is 0 Å². The van der Waals surface area contributed by atoms with Crippen LogP contribution in [0.5, 0.6) is 0 Å². The Morgan fingerprint density at radius 1 is 1.14 bits per heavy atom. The van der Waals surface area contributed by atoms with Crippen molar-refractivity contribution in [3.8, 4) is 0 Å². The van der Waals surface area contributed by atoms with E-state index in [1.54, 1.807) is 7.11 Å². The summed E-state index contributed by atoms with van der Waals surface area (Å²) < 4.78 is 5.26. The molecule has 0 aliphatic carbocycles. The molecule has 0 radical (unpaired) electrons. The van der Waals surface area contributed by atoms with Crippen molar-refractivity contribution in [2.24, 2.45) is 5.92 Å². The van der Waals surface area contributed by atoms with Crippen LogP contribution < -0.4 is 5.32 Å². The summed E-state index contributed by atoms with van der Waals surface area (Å²) in [6.07, 6.45) is 5.29. The molecule has 0 saturated heterocycles. The van der Waals surface area contributed by atoms with Gasteiger partial charge < -0.3 is 10.1 Å². The molecule has 0 aliphatic heterocycles. The van der Waals surface area contributed by atoms with Gasteiger partial charge in [-0.3, -0.25) is 0 Å². The molecule has 86 valence electrons. The van der Waals surface area contributed by atoms with Crippen molar-refractivity contribution in [2.45, 2.75) is 58.6 Å². The fourth-order valence-electron chi connectivity index (χ4n) is 2.01. The molecule has 0 aliphatic rings. The largest absolute Gasteiger partial charge is 0.382 e. The molecule has 0 amide bonds. The average Bonchev–Trinajstić information content (AvgIpc) is 2.23. The molecule has 0 fully saturated rings. The first-order valence-electron chi connectivity index (χ1n) is 5.89. The van der Waals surface area contributed by atoms with E-state index in [2.05, 4.69) is 33.1 Å². The van der Waals surface area contributed by atoms with Crippen molar-refractivity contribution in [3.63, 3.8) is 0 Å². The Labute approximate surface area is 89.4 Å². The van der Waals surface area contributed by atoms with Gasteiger partial charge in [-0.05, 0) is 32.7 Å². The molecule has 0 heterocycles. The zero-order valence-corrected chi connectivity index (χ0v) is 10.5. The van der Waals surface area contributed by atoms with Gasteiger partial charge in [0.25, 0.3) is 0 Å². The van der Waals surface area contributed by atoms with Crippen LogP contribution in [0.15, 0.2) is 0 Å². The van der Waals surface area contributed by atoms with Gasteiger partial charge in [0.2, 0.25) is 0 Å². The SMILES string of the molecule is CCC(CC)C(CCC(C)OC)NC. The smallest absolute Gasteiger partial charge is 0.0543 e. The van der Waals surface area contributed by atoms with Gasteiger partial charge in [0.05, 0.1) is 6.10 Å². The van der Waals surface area contributed by atoms with Gasteiger partial charge in [-0.25, -0.2) is 0 Å². The summed E-state index contributed by atoms with van der Waals surface area (Å²) in [6, 6.07) is 0.655. The van der Waals surface area contributed by atoms with Gasteiger partial charge in [0.15, 0.2) is 0 Å². The van der Waals surface area contributed by atoms with Crippen LogP contribution in [-0.4, -0.2) is 26.3 Å². The number of hydrogen-bond acceptors (Lipinski definition) is 2. The van der Waals surface area contributed by atoms with Gasteiger partial charge >= 0.3 is 0 Å². The van der Waals surface area contributed by atoms with E-state index in [0.717, 1.165) is 12.3 Å². The van der Waals surface area contributed by atoms with E-state index in [9.17, 15) is 0 Å². The van der Waals surface area contributed by atoms with Crippen LogP contribution in [0, 0.1) is 5.92 Å². The number of hydrogen-bond donors (Lipinski definition) is 1. The minimum atomic E-state index is 0.389. The Kier molecular flexibility index (Phi) is 8.20. The third-order valence-electron chi connectivity index (χ3n) is 3.28. The van der Waals surface area contributed by atoms with E-state index in [0.29, 0.717) is 12.1 Å². The first kappa shape index (κ1) is 13.9. The van der Waals surface area contributed by atoms with Crippen LogP contribution in [0.4, 0.5) is 0 Å². The molecule has 0 aromatic heterocycles. The number of rotatable bonds is 8. The summed E-state index contributed by atoms with van der Waals surface area (Å²) in [5.74, 6) is 0.809. The molecule has 0 saturated carbocycles. The summed E-state index contributed by atoms with van der Waals surface area (Å²) in [6.45, 7) is 6.69. The molecule has 2 nitrogen and oxygen atoms in total. The van der Waals surface area contributed by atoms with Crippen LogP contribution in [-0.2, 0) is 4.74 Å². The third-order valence-corrected chi connectivity index (χ3v) is 3.28. The fraction of sp³-hybridized carbons (Fsp3) is 1.00. The predicted octanol–water partition coefficient (Wildman–Crippen LogP) is 2.83. The van der Waals surface area contributed by atoms with Crippen LogP contribution in [0.2, 0.25) is 0 Å². The maximum atomic E-state index is 5.26. The van der Waals surface area contributed by atoms with E-state index < -0.39 is 0 Å². The summed E-state index contributed by atoms with van der Waals surface area (Å²) in [5.41, 5.74) is 0. The number of methoxy groups -OCH3 is 1. The van der Waals surface area contributed by atoms with Crippen molar-refractivity contribution in [3.05, 3.63) is 0 Å². The highest BCUT2D eigenvalue weighted by Gasteiger charge is 2.16. The molecule has 0 aromatic rings. The first-order chi connectivity index (χ1) is 6.69. The lowest BCUT2D eigenvalue weighted by Gasteiger charge is -2.25. The van der Waals surface area contributed by atoms with Gasteiger partial charge in [-0.1, -0.05) is 26.7 Å². The lowest BCUT2D eigenvalue weighted by molar-refractivity contribution is 0.103. The minimum Gasteiger partial charge on any atom is -0.382 e. The zero-order valence-electron chi connectivity index (χ0n) is 10.5. The van der Waals surface area contributed by atoms with Crippen LogP contribution in [0.1, 0.15) is 46.5 Å². The number of ether oxygens (including phenoxy) is 1. The van der Waals surface area contributed by atoms with Gasteiger partial charge in [0.1, 0.15) is 0 Å². The molecule has 0 bridgehead atoms. The predicted molar refractivity (Wildman–Crippen MR) is 62.6 cm³/mol. The molecule has 0 rings (SSSR count). The Bertz CT molecular complexity index is 123. The van der Waals surface area contributed by atoms with Crippen LogP contribution >= 0.6 is 0 Å². The van der Waals surface area contributed by atoms with E-state index in [4.69, 9.17) is 4.74 Å².